The Labute approximate surface area is 232 Å². The van der Waals surface area contributed by atoms with E-state index in [0.717, 1.165) is 29.5 Å². The zero-order valence-corrected chi connectivity index (χ0v) is 22.2. The number of amidine groups is 1. The van der Waals surface area contributed by atoms with Crippen LogP contribution in [0.3, 0.4) is 0 Å². The number of anilines is 1. The van der Waals surface area contributed by atoms with E-state index in [1.807, 2.05) is 30.3 Å². The summed E-state index contributed by atoms with van der Waals surface area (Å²) in [4.78, 5) is 32.0. The van der Waals surface area contributed by atoms with Crippen molar-refractivity contribution in [3.05, 3.63) is 94.0 Å². The molecule has 0 aliphatic carbocycles. The van der Waals surface area contributed by atoms with E-state index in [1.54, 1.807) is 0 Å². The van der Waals surface area contributed by atoms with Crippen LogP contribution in [0, 0.1) is 0 Å². The number of carbonyl (C=O) groups excluding carboxylic acids is 2. The number of hydrogen-bond donors (Lipinski definition) is 1. The Bertz CT molecular complexity index is 1330. The molecule has 1 aliphatic heterocycles. The first-order valence-electron chi connectivity index (χ1n) is 11.6. The van der Waals surface area contributed by atoms with Crippen LogP contribution in [0.4, 0.5) is 24.5 Å². The lowest BCUT2D eigenvalue weighted by Gasteiger charge is -2.32. The number of carbonyl (C=O) groups is 2. The summed E-state index contributed by atoms with van der Waals surface area (Å²) in [5, 5.41) is 2.68. The number of aliphatic imine (C=N–C) groups is 1. The first-order valence-corrected chi connectivity index (χ1v) is 13.3. The van der Waals surface area contributed by atoms with E-state index in [1.165, 1.54) is 35.2 Å². The molecule has 1 N–H and O–H groups in total. The Kier molecular flexibility index (Phi) is 9.02. The molecular formula is C27H22Cl2F3N3O2S. The second-order valence-electron chi connectivity index (χ2n) is 8.53. The highest BCUT2D eigenvalue weighted by molar-refractivity contribution is 8.15. The molecule has 1 saturated heterocycles. The summed E-state index contributed by atoms with van der Waals surface area (Å²) in [6.07, 6.45) is -3.33. The number of alkyl halides is 3. The molecule has 0 aromatic heterocycles. The van der Waals surface area contributed by atoms with Crippen LogP contribution in [-0.2, 0) is 22.2 Å². The molecule has 1 fully saturated rings. The zero-order valence-electron chi connectivity index (χ0n) is 19.8. The van der Waals surface area contributed by atoms with Crippen LogP contribution in [0.1, 0.15) is 24.0 Å². The molecular weight excluding hydrogens is 558 g/mol. The molecule has 0 saturated carbocycles. The lowest BCUT2D eigenvalue weighted by atomic mass is 10.1. The first-order chi connectivity index (χ1) is 18.1. The van der Waals surface area contributed by atoms with Gasteiger partial charge < -0.3 is 5.32 Å². The molecule has 4 rings (SSSR count). The predicted octanol–water partition coefficient (Wildman–Crippen LogP) is 7.61. The molecule has 1 unspecified atom stereocenters. The van der Waals surface area contributed by atoms with Crippen LogP contribution >= 0.6 is 35.0 Å². The highest BCUT2D eigenvalue weighted by Crippen LogP contribution is 2.34. The van der Waals surface area contributed by atoms with Crippen molar-refractivity contribution in [2.45, 2.75) is 30.7 Å². The van der Waals surface area contributed by atoms with Gasteiger partial charge in [-0.1, -0.05) is 71.4 Å². The van der Waals surface area contributed by atoms with Gasteiger partial charge in [-0.15, -0.1) is 0 Å². The van der Waals surface area contributed by atoms with Crippen LogP contribution in [0.2, 0.25) is 10.0 Å². The van der Waals surface area contributed by atoms with E-state index < -0.39 is 22.9 Å². The van der Waals surface area contributed by atoms with Gasteiger partial charge in [-0.05, 0) is 54.8 Å². The smallest absolute Gasteiger partial charge is 0.325 e. The monoisotopic (exact) mass is 579 g/mol. The minimum Gasteiger partial charge on any atom is -0.325 e. The third-order valence-electron chi connectivity index (χ3n) is 5.65. The molecule has 1 atom stereocenters. The minimum absolute atomic E-state index is 0.0332. The molecule has 0 radical (unpaired) electrons. The molecule has 3 aromatic rings. The fraction of sp³-hybridized carbons (Fsp3) is 0.222. The largest absolute Gasteiger partial charge is 0.416 e. The minimum atomic E-state index is -4.54. The maximum absolute atomic E-state index is 13.3. The maximum atomic E-state index is 13.3. The van der Waals surface area contributed by atoms with Gasteiger partial charge in [0.25, 0.3) is 0 Å². The van der Waals surface area contributed by atoms with Gasteiger partial charge in [-0.25, -0.2) is 4.99 Å². The quantitative estimate of drug-likeness (QED) is 0.313. The molecule has 11 heteroatoms. The highest BCUT2D eigenvalue weighted by atomic mass is 35.5. The van der Waals surface area contributed by atoms with Gasteiger partial charge in [0.15, 0.2) is 5.17 Å². The van der Waals surface area contributed by atoms with Crippen molar-refractivity contribution in [3.63, 3.8) is 0 Å². The summed E-state index contributed by atoms with van der Waals surface area (Å²) in [6, 6.07) is 18.8. The topological polar surface area (TPSA) is 61.8 Å². The van der Waals surface area contributed by atoms with E-state index >= 15 is 0 Å². The lowest BCUT2D eigenvalue weighted by molar-refractivity contribution is -0.137. The van der Waals surface area contributed by atoms with Gasteiger partial charge >= 0.3 is 6.18 Å². The summed E-state index contributed by atoms with van der Waals surface area (Å²) in [5.74, 6) is -0.811. The van der Waals surface area contributed by atoms with Crippen LogP contribution < -0.4 is 5.32 Å². The van der Waals surface area contributed by atoms with Crippen molar-refractivity contribution in [2.24, 2.45) is 4.99 Å². The average Bonchev–Trinajstić information content (AvgIpc) is 2.85. The molecule has 0 spiro atoms. The third-order valence-corrected chi connectivity index (χ3v) is 7.27. The van der Waals surface area contributed by atoms with Crippen molar-refractivity contribution in [1.29, 1.82) is 0 Å². The second kappa shape index (κ2) is 12.2. The van der Waals surface area contributed by atoms with Gasteiger partial charge in [-0.2, -0.15) is 13.2 Å². The number of halogens is 5. The van der Waals surface area contributed by atoms with Crippen molar-refractivity contribution < 1.29 is 22.8 Å². The first kappa shape index (κ1) is 28.0. The Hall–Kier alpha value is -3.01. The molecule has 198 valence electrons. The van der Waals surface area contributed by atoms with Crippen molar-refractivity contribution in [3.8, 4) is 0 Å². The van der Waals surface area contributed by atoms with E-state index in [9.17, 15) is 22.8 Å². The number of benzene rings is 3. The molecule has 0 bridgehead atoms. The standard InChI is InChI=1S/C27H22Cl2F3N3O2S/c28-19-13-20(29)15-22(14-19)33-25(37)23-16-24(36)35(11-5-8-17-6-2-1-3-7-17)26(38-23)34-21-10-4-9-18(12-21)27(30,31)32/h1-4,6-7,9-10,12-15,23H,5,8,11,16H2,(H,33,37). The van der Waals surface area contributed by atoms with E-state index in [2.05, 4.69) is 10.3 Å². The number of amides is 2. The predicted molar refractivity (Wildman–Crippen MR) is 146 cm³/mol. The van der Waals surface area contributed by atoms with Crippen molar-refractivity contribution in [2.75, 3.05) is 11.9 Å². The van der Waals surface area contributed by atoms with E-state index in [-0.39, 0.29) is 23.2 Å². The Balaban J connectivity index is 1.57. The number of hydrogen-bond acceptors (Lipinski definition) is 4. The summed E-state index contributed by atoms with van der Waals surface area (Å²) in [7, 11) is 0. The van der Waals surface area contributed by atoms with E-state index in [4.69, 9.17) is 23.2 Å². The summed E-state index contributed by atoms with van der Waals surface area (Å²) in [5.41, 5.74) is 0.640. The van der Waals surface area contributed by atoms with Crippen molar-refractivity contribution >= 4 is 63.3 Å². The summed E-state index contributed by atoms with van der Waals surface area (Å²) >= 11 is 13.1. The maximum Gasteiger partial charge on any atom is 0.416 e. The lowest BCUT2D eigenvalue weighted by Crippen LogP contribution is -2.45. The van der Waals surface area contributed by atoms with Gasteiger partial charge in [0.05, 0.1) is 11.3 Å². The SMILES string of the molecule is O=C(Nc1cc(Cl)cc(Cl)c1)C1CC(=O)N(CCCc2ccccc2)C(=Nc2cccc(C(F)(F)F)c2)S1. The molecule has 5 nitrogen and oxygen atoms in total. The number of rotatable bonds is 7. The van der Waals surface area contributed by atoms with Gasteiger partial charge in [0.2, 0.25) is 11.8 Å². The van der Waals surface area contributed by atoms with Crippen molar-refractivity contribution in [1.82, 2.24) is 4.90 Å². The highest BCUT2D eigenvalue weighted by Gasteiger charge is 2.36. The molecule has 2 amide bonds. The molecule has 1 heterocycles. The van der Waals surface area contributed by atoms with Crippen LogP contribution in [0.5, 0.6) is 0 Å². The van der Waals surface area contributed by atoms with Gasteiger partial charge in [-0.3, -0.25) is 14.5 Å². The van der Waals surface area contributed by atoms with Crippen LogP contribution in [-0.4, -0.2) is 33.7 Å². The van der Waals surface area contributed by atoms with Crippen LogP contribution in [0.15, 0.2) is 77.8 Å². The van der Waals surface area contributed by atoms with E-state index in [0.29, 0.717) is 35.1 Å². The third kappa shape index (κ3) is 7.52. The molecule has 38 heavy (non-hydrogen) atoms. The molecule has 3 aromatic carbocycles. The summed E-state index contributed by atoms with van der Waals surface area (Å²) in [6.45, 7) is 0.302. The van der Waals surface area contributed by atoms with Crippen LogP contribution in [0.25, 0.3) is 0 Å². The Morgan fingerprint density at radius 3 is 2.42 bits per heavy atom. The fourth-order valence-electron chi connectivity index (χ4n) is 3.86. The van der Waals surface area contributed by atoms with Gasteiger partial charge in [0.1, 0.15) is 5.25 Å². The summed E-state index contributed by atoms with van der Waals surface area (Å²) < 4.78 is 39.8. The van der Waals surface area contributed by atoms with Gasteiger partial charge in [0, 0.05) is 28.7 Å². The Morgan fingerprint density at radius 1 is 1.03 bits per heavy atom. The number of nitrogens with zero attached hydrogens (tertiary/aromatic N) is 2. The molecule has 1 aliphatic rings. The zero-order chi connectivity index (χ0) is 27.3. The number of aryl methyl sites for hydroxylation is 1. The second-order valence-corrected chi connectivity index (χ2v) is 10.6. The fourth-order valence-corrected chi connectivity index (χ4v) is 5.51. The average molecular weight is 580 g/mol. The Morgan fingerprint density at radius 2 is 1.74 bits per heavy atom. The normalized spacial score (nSPS) is 17.1. The number of nitrogens with one attached hydrogen (secondary N) is 1. The number of thioether (sulfide) groups is 1.